The van der Waals surface area contributed by atoms with Crippen molar-refractivity contribution >= 4 is 33.3 Å². The Morgan fingerprint density at radius 1 is 1.10 bits per heavy atom. The number of benzene rings is 2. The SMILES string of the molecule is CC(C)(C)c1c(CN)oc2c1cc(Cl)c1ccccc12. The molecule has 0 spiro atoms. The third kappa shape index (κ3) is 1.91. The Bertz CT molecular complexity index is 796. The number of hydrogen-bond acceptors (Lipinski definition) is 2. The summed E-state index contributed by atoms with van der Waals surface area (Å²) >= 11 is 6.44. The predicted molar refractivity (Wildman–Crippen MR) is 85.3 cm³/mol. The van der Waals surface area contributed by atoms with Crippen LogP contribution >= 0.6 is 11.6 Å². The highest BCUT2D eigenvalue weighted by molar-refractivity contribution is 6.37. The van der Waals surface area contributed by atoms with Crippen LogP contribution in [0.3, 0.4) is 0 Å². The summed E-state index contributed by atoms with van der Waals surface area (Å²) < 4.78 is 6.06. The minimum Gasteiger partial charge on any atom is -0.459 e. The van der Waals surface area contributed by atoms with Crippen molar-refractivity contribution in [1.29, 1.82) is 0 Å². The van der Waals surface area contributed by atoms with E-state index in [0.29, 0.717) is 6.54 Å². The standard InChI is InChI=1S/C17H18ClNO/c1-17(2,3)15-12-8-13(18)10-6-4-5-7-11(10)16(12)20-14(15)9-19/h4-8H,9,19H2,1-3H3. The molecule has 0 aliphatic carbocycles. The number of fused-ring (bicyclic) bond motifs is 3. The molecule has 0 atom stereocenters. The van der Waals surface area contributed by atoms with E-state index in [0.717, 1.165) is 38.1 Å². The number of halogens is 1. The van der Waals surface area contributed by atoms with Gasteiger partial charge in [0.1, 0.15) is 11.3 Å². The molecule has 3 rings (SSSR count). The van der Waals surface area contributed by atoms with Crippen LogP contribution in [0.4, 0.5) is 0 Å². The fourth-order valence-corrected chi connectivity index (χ4v) is 3.16. The van der Waals surface area contributed by atoms with Gasteiger partial charge in [-0.2, -0.15) is 0 Å². The fraction of sp³-hybridized carbons (Fsp3) is 0.294. The van der Waals surface area contributed by atoms with E-state index in [1.54, 1.807) is 0 Å². The van der Waals surface area contributed by atoms with Gasteiger partial charge in [-0.3, -0.25) is 0 Å². The molecule has 1 aromatic heterocycles. The molecule has 2 aromatic carbocycles. The predicted octanol–water partition coefficient (Wildman–Crippen LogP) is 5.00. The molecule has 0 aliphatic heterocycles. The zero-order valence-electron chi connectivity index (χ0n) is 12.0. The van der Waals surface area contributed by atoms with Crippen LogP contribution in [0.1, 0.15) is 32.1 Å². The molecule has 0 radical (unpaired) electrons. The molecule has 104 valence electrons. The lowest BCUT2D eigenvalue weighted by molar-refractivity contribution is 0.512. The summed E-state index contributed by atoms with van der Waals surface area (Å²) in [4.78, 5) is 0. The average Bonchev–Trinajstić information content (AvgIpc) is 2.77. The van der Waals surface area contributed by atoms with E-state index in [1.165, 1.54) is 0 Å². The number of hydrogen-bond donors (Lipinski definition) is 1. The molecule has 3 heteroatoms. The molecule has 2 N–H and O–H groups in total. The summed E-state index contributed by atoms with van der Waals surface area (Å²) in [5.41, 5.74) is 7.87. The molecule has 0 amide bonds. The quantitative estimate of drug-likeness (QED) is 0.684. The van der Waals surface area contributed by atoms with Crippen LogP contribution < -0.4 is 5.73 Å². The lowest BCUT2D eigenvalue weighted by Gasteiger charge is -2.19. The van der Waals surface area contributed by atoms with Gasteiger partial charge in [-0.15, -0.1) is 0 Å². The Morgan fingerprint density at radius 3 is 2.35 bits per heavy atom. The topological polar surface area (TPSA) is 39.2 Å². The van der Waals surface area contributed by atoms with Crippen molar-refractivity contribution in [3.05, 3.63) is 46.7 Å². The lowest BCUT2D eigenvalue weighted by atomic mass is 9.84. The van der Waals surface area contributed by atoms with Gasteiger partial charge in [-0.1, -0.05) is 56.6 Å². The Hall–Kier alpha value is -1.51. The summed E-state index contributed by atoms with van der Waals surface area (Å²) in [5.74, 6) is 0.847. The second kappa shape index (κ2) is 4.51. The van der Waals surface area contributed by atoms with Crippen LogP contribution in [0.15, 0.2) is 34.7 Å². The Labute approximate surface area is 123 Å². The van der Waals surface area contributed by atoms with Crippen molar-refractivity contribution in [2.24, 2.45) is 5.73 Å². The molecule has 0 unspecified atom stereocenters. The van der Waals surface area contributed by atoms with Crippen LogP contribution in [0.25, 0.3) is 21.7 Å². The first kappa shape index (κ1) is 13.5. The highest BCUT2D eigenvalue weighted by atomic mass is 35.5. The Balaban J connectivity index is 2.53. The van der Waals surface area contributed by atoms with Crippen molar-refractivity contribution < 1.29 is 4.42 Å². The van der Waals surface area contributed by atoms with E-state index < -0.39 is 0 Å². The summed E-state index contributed by atoms with van der Waals surface area (Å²) in [6.45, 7) is 6.89. The molecule has 1 heterocycles. The van der Waals surface area contributed by atoms with Gasteiger partial charge in [-0.25, -0.2) is 0 Å². The van der Waals surface area contributed by atoms with Crippen molar-refractivity contribution in [1.82, 2.24) is 0 Å². The third-order valence-electron chi connectivity index (χ3n) is 3.65. The highest BCUT2D eigenvalue weighted by Gasteiger charge is 2.26. The van der Waals surface area contributed by atoms with E-state index in [9.17, 15) is 0 Å². The first-order valence-electron chi connectivity index (χ1n) is 6.76. The van der Waals surface area contributed by atoms with E-state index >= 15 is 0 Å². The van der Waals surface area contributed by atoms with Gasteiger partial charge in [0.15, 0.2) is 0 Å². The monoisotopic (exact) mass is 287 g/mol. The third-order valence-corrected chi connectivity index (χ3v) is 3.97. The molecule has 0 aliphatic rings. The summed E-state index contributed by atoms with van der Waals surface area (Å²) in [5, 5.41) is 3.88. The maximum atomic E-state index is 6.44. The molecule has 0 fully saturated rings. The normalized spacial score (nSPS) is 12.4. The fourth-order valence-electron chi connectivity index (χ4n) is 2.89. The first-order chi connectivity index (χ1) is 9.43. The molecular formula is C17H18ClNO. The van der Waals surface area contributed by atoms with Crippen LogP contribution in [0.2, 0.25) is 5.02 Å². The average molecular weight is 288 g/mol. The van der Waals surface area contributed by atoms with Crippen molar-refractivity contribution in [2.75, 3.05) is 0 Å². The Kier molecular flexibility index (Phi) is 3.03. The lowest BCUT2D eigenvalue weighted by Crippen LogP contribution is -2.14. The highest BCUT2D eigenvalue weighted by Crippen LogP contribution is 2.40. The molecule has 3 aromatic rings. The van der Waals surface area contributed by atoms with Gasteiger partial charge in [0.05, 0.1) is 6.54 Å². The second-order valence-corrected chi connectivity index (χ2v) is 6.54. The van der Waals surface area contributed by atoms with Gasteiger partial charge in [-0.05, 0) is 11.5 Å². The zero-order chi connectivity index (χ0) is 14.5. The van der Waals surface area contributed by atoms with Crippen molar-refractivity contribution in [2.45, 2.75) is 32.7 Å². The van der Waals surface area contributed by atoms with Crippen molar-refractivity contribution in [3.63, 3.8) is 0 Å². The van der Waals surface area contributed by atoms with Crippen LogP contribution in [0, 0.1) is 0 Å². The summed E-state index contributed by atoms with van der Waals surface area (Å²) in [7, 11) is 0. The second-order valence-electron chi connectivity index (χ2n) is 6.14. The number of rotatable bonds is 1. The van der Waals surface area contributed by atoms with Gasteiger partial charge < -0.3 is 10.2 Å². The van der Waals surface area contributed by atoms with E-state index in [4.69, 9.17) is 21.8 Å². The molecule has 0 bridgehead atoms. The molecule has 0 saturated heterocycles. The summed E-state index contributed by atoms with van der Waals surface area (Å²) in [6, 6.07) is 10.0. The van der Waals surface area contributed by atoms with Crippen molar-refractivity contribution in [3.8, 4) is 0 Å². The first-order valence-corrected chi connectivity index (χ1v) is 7.14. The summed E-state index contributed by atoms with van der Waals surface area (Å²) in [6.07, 6.45) is 0. The smallest absolute Gasteiger partial charge is 0.142 e. The van der Waals surface area contributed by atoms with E-state index in [-0.39, 0.29) is 5.41 Å². The van der Waals surface area contributed by atoms with Crippen LogP contribution in [0.5, 0.6) is 0 Å². The van der Waals surface area contributed by atoms with Gasteiger partial charge in [0, 0.05) is 26.7 Å². The zero-order valence-corrected chi connectivity index (χ0v) is 12.7. The molecule has 0 saturated carbocycles. The maximum absolute atomic E-state index is 6.44. The molecule has 2 nitrogen and oxygen atoms in total. The largest absolute Gasteiger partial charge is 0.459 e. The van der Waals surface area contributed by atoms with E-state index in [1.807, 2.05) is 30.3 Å². The number of furan rings is 1. The minimum atomic E-state index is -0.0360. The maximum Gasteiger partial charge on any atom is 0.142 e. The van der Waals surface area contributed by atoms with Gasteiger partial charge >= 0.3 is 0 Å². The van der Waals surface area contributed by atoms with Crippen LogP contribution in [-0.2, 0) is 12.0 Å². The minimum absolute atomic E-state index is 0.0360. The van der Waals surface area contributed by atoms with Gasteiger partial charge in [0.25, 0.3) is 0 Å². The van der Waals surface area contributed by atoms with Gasteiger partial charge in [0.2, 0.25) is 0 Å². The Morgan fingerprint density at radius 2 is 1.75 bits per heavy atom. The number of nitrogens with two attached hydrogens (primary N) is 1. The van der Waals surface area contributed by atoms with E-state index in [2.05, 4.69) is 20.8 Å². The van der Waals surface area contributed by atoms with Crippen LogP contribution in [-0.4, -0.2) is 0 Å². The molecular weight excluding hydrogens is 270 g/mol. The molecule has 20 heavy (non-hydrogen) atoms.